The molecule has 0 unspecified atom stereocenters. The molecule has 0 saturated heterocycles. The largest absolute Gasteiger partial charge is 0.306 e. The summed E-state index contributed by atoms with van der Waals surface area (Å²) in [5.41, 5.74) is 1.87. The number of pyridine rings is 1. The SMILES string of the molecule is CCCCCn1c(=O)c2cccn2c2[nH]c(=O)ccc21. The number of rotatable bonds is 4. The fraction of sp³-hybridized carbons (Fsp3) is 0.333. The lowest BCUT2D eigenvalue weighted by molar-refractivity contribution is 0.602. The van der Waals surface area contributed by atoms with Crippen LogP contribution in [-0.2, 0) is 6.54 Å². The number of H-pyrrole nitrogens is 1. The second kappa shape index (κ2) is 5.00. The summed E-state index contributed by atoms with van der Waals surface area (Å²) >= 11 is 0. The lowest BCUT2D eigenvalue weighted by Gasteiger charge is -2.11. The number of aromatic amines is 1. The number of nitrogens with one attached hydrogen (secondary N) is 1. The number of hydrogen-bond donors (Lipinski definition) is 1. The number of hydrogen-bond acceptors (Lipinski definition) is 2. The summed E-state index contributed by atoms with van der Waals surface area (Å²) in [7, 11) is 0. The van der Waals surface area contributed by atoms with Crippen molar-refractivity contribution in [2.24, 2.45) is 0 Å². The van der Waals surface area contributed by atoms with Gasteiger partial charge in [-0.3, -0.25) is 14.0 Å². The van der Waals surface area contributed by atoms with Crippen molar-refractivity contribution in [3.63, 3.8) is 0 Å². The minimum atomic E-state index is -0.161. The van der Waals surface area contributed by atoms with Crippen molar-refractivity contribution in [1.82, 2.24) is 14.0 Å². The summed E-state index contributed by atoms with van der Waals surface area (Å²) in [5, 5.41) is 0. The smallest absolute Gasteiger partial charge is 0.275 e. The predicted molar refractivity (Wildman–Crippen MR) is 79.3 cm³/mol. The minimum Gasteiger partial charge on any atom is -0.306 e. The van der Waals surface area contributed by atoms with E-state index in [0.717, 1.165) is 24.8 Å². The topological polar surface area (TPSA) is 59.3 Å². The molecule has 3 heterocycles. The third kappa shape index (κ3) is 1.95. The van der Waals surface area contributed by atoms with Gasteiger partial charge in [-0.05, 0) is 24.6 Å². The fourth-order valence-electron chi connectivity index (χ4n) is 2.60. The van der Waals surface area contributed by atoms with Crippen molar-refractivity contribution in [1.29, 1.82) is 0 Å². The molecule has 0 atom stereocenters. The van der Waals surface area contributed by atoms with E-state index in [2.05, 4.69) is 11.9 Å². The molecule has 0 aliphatic heterocycles. The number of nitrogens with zero attached hydrogens (tertiary/aromatic N) is 2. The van der Waals surface area contributed by atoms with Gasteiger partial charge in [0.1, 0.15) is 11.2 Å². The lowest BCUT2D eigenvalue weighted by atomic mass is 10.2. The molecule has 0 amide bonds. The lowest BCUT2D eigenvalue weighted by Crippen LogP contribution is -2.24. The molecule has 1 N–H and O–H groups in total. The molecule has 0 radical (unpaired) electrons. The van der Waals surface area contributed by atoms with E-state index in [1.807, 2.05) is 6.07 Å². The van der Waals surface area contributed by atoms with E-state index in [1.54, 1.807) is 27.3 Å². The molecule has 20 heavy (non-hydrogen) atoms. The average Bonchev–Trinajstić information content (AvgIpc) is 2.92. The molecule has 0 saturated carbocycles. The Morgan fingerprint density at radius 1 is 1.10 bits per heavy atom. The van der Waals surface area contributed by atoms with Crippen LogP contribution in [0.4, 0.5) is 0 Å². The van der Waals surface area contributed by atoms with Crippen LogP contribution in [0, 0.1) is 0 Å². The second-order valence-corrected chi connectivity index (χ2v) is 4.98. The summed E-state index contributed by atoms with van der Waals surface area (Å²) in [6.07, 6.45) is 4.95. The van der Waals surface area contributed by atoms with Crippen molar-refractivity contribution in [3.8, 4) is 0 Å². The molecule has 0 aliphatic carbocycles. The molecular formula is C15H17N3O2. The molecule has 5 heteroatoms. The molecular weight excluding hydrogens is 254 g/mol. The zero-order valence-electron chi connectivity index (χ0n) is 11.4. The van der Waals surface area contributed by atoms with Crippen LogP contribution in [0.2, 0.25) is 0 Å². The second-order valence-electron chi connectivity index (χ2n) is 4.98. The summed E-state index contributed by atoms with van der Waals surface area (Å²) in [4.78, 5) is 26.9. The van der Waals surface area contributed by atoms with Crippen LogP contribution in [0.25, 0.3) is 16.7 Å². The Kier molecular flexibility index (Phi) is 3.18. The Bertz CT molecular complexity index is 870. The molecule has 0 aromatic carbocycles. The van der Waals surface area contributed by atoms with Crippen LogP contribution < -0.4 is 11.1 Å². The number of aromatic nitrogens is 3. The van der Waals surface area contributed by atoms with Crippen LogP contribution in [0.5, 0.6) is 0 Å². The molecule has 104 valence electrons. The van der Waals surface area contributed by atoms with Gasteiger partial charge in [0.15, 0.2) is 0 Å². The van der Waals surface area contributed by atoms with Gasteiger partial charge < -0.3 is 9.55 Å². The highest BCUT2D eigenvalue weighted by Crippen LogP contribution is 2.12. The normalized spacial score (nSPS) is 11.4. The van der Waals surface area contributed by atoms with Gasteiger partial charge in [-0.2, -0.15) is 0 Å². The molecule has 5 nitrogen and oxygen atoms in total. The quantitative estimate of drug-likeness (QED) is 0.739. The van der Waals surface area contributed by atoms with E-state index < -0.39 is 0 Å². The van der Waals surface area contributed by atoms with Gasteiger partial charge in [0.25, 0.3) is 5.56 Å². The maximum atomic E-state index is 12.5. The predicted octanol–water partition coefficient (Wildman–Crippen LogP) is 2.13. The summed E-state index contributed by atoms with van der Waals surface area (Å²) in [6, 6.07) is 6.79. The van der Waals surface area contributed by atoms with Crippen molar-refractivity contribution in [2.75, 3.05) is 0 Å². The van der Waals surface area contributed by atoms with E-state index in [9.17, 15) is 9.59 Å². The van der Waals surface area contributed by atoms with E-state index in [4.69, 9.17) is 0 Å². The van der Waals surface area contributed by atoms with Crippen LogP contribution in [-0.4, -0.2) is 14.0 Å². The summed E-state index contributed by atoms with van der Waals surface area (Å²) in [5.74, 6) is 0. The highest BCUT2D eigenvalue weighted by atomic mass is 16.1. The van der Waals surface area contributed by atoms with Gasteiger partial charge in [0.2, 0.25) is 5.56 Å². The van der Waals surface area contributed by atoms with Crippen molar-refractivity contribution in [3.05, 3.63) is 51.2 Å². The Morgan fingerprint density at radius 2 is 1.95 bits per heavy atom. The van der Waals surface area contributed by atoms with Crippen LogP contribution in [0.15, 0.2) is 40.1 Å². The van der Waals surface area contributed by atoms with Gasteiger partial charge in [0, 0.05) is 18.8 Å². The monoisotopic (exact) mass is 271 g/mol. The van der Waals surface area contributed by atoms with Gasteiger partial charge in [-0.25, -0.2) is 0 Å². The van der Waals surface area contributed by atoms with E-state index in [-0.39, 0.29) is 11.1 Å². The molecule has 3 aromatic rings. The van der Waals surface area contributed by atoms with Gasteiger partial charge in [-0.15, -0.1) is 0 Å². The maximum absolute atomic E-state index is 12.5. The molecule has 0 bridgehead atoms. The molecule has 0 spiro atoms. The van der Waals surface area contributed by atoms with E-state index in [1.165, 1.54) is 6.07 Å². The number of aryl methyl sites for hydroxylation is 1. The van der Waals surface area contributed by atoms with E-state index in [0.29, 0.717) is 17.7 Å². The first kappa shape index (κ1) is 12.7. The zero-order chi connectivity index (χ0) is 14.1. The highest BCUT2D eigenvalue weighted by Gasteiger charge is 2.10. The number of fused-ring (bicyclic) bond motifs is 3. The minimum absolute atomic E-state index is 0.00866. The molecule has 3 aromatic heterocycles. The van der Waals surface area contributed by atoms with Crippen molar-refractivity contribution in [2.45, 2.75) is 32.7 Å². The van der Waals surface area contributed by atoms with Crippen LogP contribution >= 0.6 is 0 Å². The Labute approximate surface area is 115 Å². The standard InChI is InChI=1S/C15H17N3O2/c1-2-3-4-9-18-11-7-8-13(19)16-14(11)17-10-5-6-12(17)15(18)20/h5-8,10H,2-4,9H2,1H3,(H,16,19). The van der Waals surface area contributed by atoms with Crippen LogP contribution in [0.3, 0.4) is 0 Å². The highest BCUT2D eigenvalue weighted by molar-refractivity contribution is 5.74. The molecule has 0 aliphatic rings. The molecule has 0 fully saturated rings. The molecule has 3 rings (SSSR count). The average molecular weight is 271 g/mol. The summed E-state index contributed by atoms with van der Waals surface area (Å²) < 4.78 is 3.51. The number of unbranched alkanes of at least 4 members (excludes halogenated alkanes) is 2. The maximum Gasteiger partial charge on any atom is 0.275 e. The van der Waals surface area contributed by atoms with Gasteiger partial charge in [-0.1, -0.05) is 19.8 Å². The first-order valence-corrected chi connectivity index (χ1v) is 6.95. The third-order valence-electron chi connectivity index (χ3n) is 3.61. The third-order valence-corrected chi connectivity index (χ3v) is 3.61. The van der Waals surface area contributed by atoms with Crippen LogP contribution in [0.1, 0.15) is 26.2 Å². The first-order valence-electron chi connectivity index (χ1n) is 6.95. The van der Waals surface area contributed by atoms with Gasteiger partial charge in [0.05, 0.1) is 5.52 Å². The first-order chi connectivity index (χ1) is 9.72. The fourth-order valence-corrected chi connectivity index (χ4v) is 2.60. The van der Waals surface area contributed by atoms with Crippen molar-refractivity contribution >= 4 is 16.7 Å². The van der Waals surface area contributed by atoms with E-state index >= 15 is 0 Å². The Morgan fingerprint density at radius 3 is 2.75 bits per heavy atom. The Hall–Kier alpha value is -2.30. The van der Waals surface area contributed by atoms with Gasteiger partial charge >= 0.3 is 0 Å². The van der Waals surface area contributed by atoms with Crippen molar-refractivity contribution < 1.29 is 0 Å². The zero-order valence-corrected chi connectivity index (χ0v) is 11.4. The summed E-state index contributed by atoms with van der Waals surface area (Å²) in [6.45, 7) is 2.81. The Balaban J connectivity index is 2.32.